The highest BCUT2D eigenvalue weighted by atomic mass is 16.1. The second-order valence-electron chi connectivity index (χ2n) is 4.60. The first-order chi connectivity index (χ1) is 9.34. The van der Waals surface area contributed by atoms with Crippen molar-refractivity contribution in [1.82, 2.24) is 0 Å². The van der Waals surface area contributed by atoms with Crippen LogP contribution in [0.2, 0.25) is 0 Å². The van der Waals surface area contributed by atoms with E-state index < -0.39 is 0 Å². The summed E-state index contributed by atoms with van der Waals surface area (Å²) in [6.45, 7) is 0.415. The van der Waals surface area contributed by atoms with Crippen molar-refractivity contribution in [1.29, 1.82) is 0 Å². The molecule has 0 aliphatic rings. The Morgan fingerprint density at radius 3 is 2.21 bits per heavy atom. The van der Waals surface area contributed by atoms with Gasteiger partial charge >= 0.3 is 0 Å². The lowest BCUT2D eigenvalue weighted by atomic mass is 10.1. The summed E-state index contributed by atoms with van der Waals surface area (Å²) in [5.41, 5.74) is 2.30. The molecular formula is C17H19NO. The molecule has 0 amide bonds. The van der Waals surface area contributed by atoms with Crippen molar-refractivity contribution >= 4 is 11.5 Å². The molecule has 0 unspecified atom stereocenters. The fourth-order valence-corrected chi connectivity index (χ4v) is 1.98. The molecule has 0 atom stereocenters. The van der Waals surface area contributed by atoms with Gasteiger partial charge in [-0.3, -0.25) is 4.79 Å². The van der Waals surface area contributed by atoms with Gasteiger partial charge in [-0.05, 0) is 30.5 Å². The second kappa shape index (κ2) is 7.37. The van der Waals surface area contributed by atoms with E-state index >= 15 is 0 Å². The van der Waals surface area contributed by atoms with Crippen molar-refractivity contribution in [3.63, 3.8) is 0 Å². The van der Waals surface area contributed by atoms with Crippen LogP contribution in [0.3, 0.4) is 0 Å². The summed E-state index contributed by atoms with van der Waals surface area (Å²) < 4.78 is 0. The number of benzene rings is 2. The van der Waals surface area contributed by atoms with E-state index in [0.717, 1.165) is 18.5 Å². The van der Waals surface area contributed by atoms with Crippen LogP contribution in [0.15, 0.2) is 60.7 Å². The summed E-state index contributed by atoms with van der Waals surface area (Å²) in [5, 5.41) is 3.14. The third kappa shape index (κ3) is 4.96. The van der Waals surface area contributed by atoms with Gasteiger partial charge in [0.2, 0.25) is 0 Å². The summed E-state index contributed by atoms with van der Waals surface area (Å²) in [5.74, 6) is 0.264. The Balaban J connectivity index is 1.65. The van der Waals surface area contributed by atoms with Crippen LogP contribution in [0.25, 0.3) is 0 Å². The van der Waals surface area contributed by atoms with Crippen LogP contribution in [-0.4, -0.2) is 12.3 Å². The number of carbonyl (C=O) groups is 1. The van der Waals surface area contributed by atoms with E-state index in [2.05, 4.69) is 17.4 Å². The third-order valence-corrected chi connectivity index (χ3v) is 3.03. The van der Waals surface area contributed by atoms with E-state index in [1.807, 2.05) is 48.5 Å². The Bertz CT molecular complexity index is 493. The number of carbonyl (C=O) groups excluding carboxylic acids is 1. The van der Waals surface area contributed by atoms with Crippen molar-refractivity contribution < 1.29 is 4.79 Å². The van der Waals surface area contributed by atoms with Gasteiger partial charge in [0.1, 0.15) is 0 Å². The van der Waals surface area contributed by atoms with Crippen molar-refractivity contribution in [3.8, 4) is 0 Å². The fraction of sp³-hybridized carbons (Fsp3) is 0.235. The van der Waals surface area contributed by atoms with Crippen LogP contribution < -0.4 is 5.32 Å². The number of para-hydroxylation sites is 1. The van der Waals surface area contributed by atoms with E-state index in [1.165, 1.54) is 5.56 Å². The third-order valence-electron chi connectivity index (χ3n) is 3.03. The number of hydrogen-bond acceptors (Lipinski definition) is 2. The molecule has 0 fully saturated rings. The van der Waals surface area contributed by atoms with Crippen LogP contribution in [-0.2, 0) is 11.2 Å². The van der Waals surface area contributed by atoms with E-state index in [1.54, 1.807) is 0 Å². The van der Waals surface area contributed by atoms with Gasteiger partial charge in [-0.15, -0.1) is 0 Å². The number of rotatable bonds is 7. The van der Waals surface area contributed by atoms with Crippen molar-refractivity contribution in [2.45, 2.75) is 19.3 Å². The summed E-state index contributed by atoms with van der Waals surface area (Å²) in [6, 6.07) is 20.1. The molecule has 0 bridgehead atoms. The van der Waals surface area contributed by atoms with Gasteiger partial charge in [-0.1, -0.05) is 48.5 Å². The van der Waals surface area contributed by atoms with E-state index in [0.29, 0.717) is 13.0 Å². The predicted octanol–water partition coefficient (Wildman–Crippen LogP) is 3.69. The zero-order valence-corrected chi connectivity index (χ0v) is 11.0. The van der Waals surface area contributed by atoms with Crippen LogP contribution >= 0.6 is 0 Å². The molecule has 0 aliphatic heterocycles. The SMILES string of the molecule is O=C(CCCc1ccccc1)CNc1ccccc1. The molecule has 2 aromatic carbocycles. The Hall–Kier alpha value is -2.09. The maximum Gasteiger partial charge on any atom is 0.151 e. The van der Waals surface area contributed by atoms with Crippen molar-refractivity contribution in [2.75, 3.05) is 11.9 Å². The van der Waals surface area contributed by atoms with Crippen LogP contribution in [0.1, 0.15) is 18.4 Å². The smallest absolute Gasteiger partial charge is 0.151 e. The maximum absolute atomic E-state index is 11.7. The van der Waals surface area contributed by atoms with Gasteiger partial charge in [-0.25, -0.2) is 0 Å². The van der Waals surface area contributed by atoms with Crippen LogP contribution in [0, 0.1) is 0 Å². The summed E-state index contributed by atoms with van der Waals surface area (Å²) in [7, 11) is 0. The molecule has 2 rings (SSSR count). The highest BCUT2D eigenvalue weighted by Gasteiger charge is 2.02. The first kappa shape index (κ1) is 13.3. The second-order valence-corrected chi connectivity index (χ2v) is 4.60. The number of Topliss-reactive ketones (excluding diaryl/α,β-unsaturated/α-hetero) is 1. The summed E-state index contributed by atoms with van der Waals surface area (Å²) in [6.07, 6.45) is 2.52. The van der Waals surface area contributed by atoms with Gasteiger partial charge in [0.05, 0.1) is 6.54 Å². The van der Waals surface area contributed by atoms with E-state index in [9.17, 15) is 4.79 Å². The molecule has 2 aromatic rings. The number of anilines is 1. The normalized spacial score (nSPS) is 10.1. The molecule has 0 saturated carbocycles. The van der Waals surface area contributed by atoms with Gasteiger partial charge in [0, 0.05) is 12.1 Å². The van der Waals surface area contributed by atoms with Gasteiger partial charge in [0.15, 0.2) is 5.78 Å². The molecular weight excluding hydrogens is 234 g/mol. The largest absolute Gasteiger partial charge is 0.378 e. The van der Waals surface area contributed by atoms with Gasteiger partial charge in [0.25, 0.3) is 0 Å². The highest BCUT2D eigenvalue weighted by Crippen LogP contribution is 2.07. The first-order valence-electron chi connectivity index (χ1n) is 6.69. The molecule has 1 N–H and O–H groups in total. The maximum atomic E-state index is 11.7. The fourth-order valence-electron chi connectivity index (χ4n) is 1.98. The topological polar surface area (TPSA) is 29.1 Å². The molecule has 0 saturated heterocycles. The first-order valence-corrected chi connectivity index (χ1v) is 6.69. The highest BCUT2D eigenvalue weighted by molar-refractivity contribution is 5.82. The van der Waals surface area contributed by atoms with E-state index in [4.69, 9.17) is 0 Å². The minimum Gasteiger partial charge on any atom is -0.378 e. The number of hydrogen-bond donors (Lipinski definition) is 1. The van der Waals surface area contributed by atoms with Gasteiger partial charge in [-0.2, -0.15) is 0 Å². The Kier molecular flexibility index (Phi) is 5.17. The van der Waals surface area contributed by atoms with E-state index in [-0.39, 0.29) is 5.78 Å². The molecule has 2 heteroatoms. The lowest BCUT2D eigenvalue weighted by Crippen LogP contribution is -2.13. The number of nitrogens with one attached hydrogen (secondary N) is 1. The number of ketones is 1. The van der Waals surface area contributed by atoms with Gasteiger partial charge < -0.3 is 5.32 Å². The minimum absolute atomic E-state index is 0.264. The molecule has 0 aromatic heterocycles. The molecule has 98 valence electrons. The minimum atomic E-state index is 0.264. The Labute approximate surface area is 114 Å². The molecule has 0 heterocycles. The molecule has 0 aliphatic carbocycles. The van der Waals surface area contributed by atoms with Crippen LogP contribution in [0.5, 0.6) is 0 Å². The quantitative estimate of drug-likeness (QED) is 0.815. The lowest BCUT2D eigenvalue weighted by molar-refractivity contribution is -0.117. The Morgan fingerprint density at radius 2 is 1.53 bits per heavy atom. The summed E-state index contributed by atoms with van der Waals surface area (Å²) >= 11 is 0. The zero-order chi connectivity index (χ0) is 13.3. The average molecular weight is 253 g/mol. The van der Waals surface area contributed by atoms with Crippen molar-refractivity contribution in [2.24, 2.45) is 0 Å². The zero-order valence-electron chi connectivity index (χ0n) is 11.0. The number of aryl methyl sites for hydroxylation is 1. The van der Waals surface area contributed by atoms with Crippen molar-refractivity contribution in [3.05, 3.63) is 66.2 Å². The molecule has 19 heavy (non-hydrogen) atoms. The predicted molar refractivity (Wildman–Crippen MR) is 79.3 cm³/mol. The molecule has 2 nitrogen and oxygen atoms in total. The average Bonchev–Trinajstić information content (AvgIpc) is 2.47. The Morgan fingerprint density at radius 1 is 0.895 bits per heavy atom. The standard InChI is InChI=1S/C17H19NO/c19-17(14-18-16-11-5-2-6-12-16)13-7-10-15-8-3-1-4-9-15/h1-6,8-9,11-12,18H,7,10,13-14H2. The monoisotopic (exact) mass is 253 g/mol. The van der Waals surface area contributed by atoms with Crippen LogP contribution in [0.4, 0.5) is 5.69 Å². The lowest BCUT2D eigenvalue weighted by Gasteiger charge is -2.05. The summed E-state index contributed by atoms with van der Waals surface area (Å²) in [4.78, 5) is 11.7. The molecule has 0 spiro atoms. The molecule has 0 radical (unpaired) electrons.